The molecule has 1 unspecified atom stereocenters. The lowest BCUT2D eigenvalue weighted by atomic mass is 10.0. The lowest BCUT2D eigenvalue weighted by Crippen LogP contribution is -2.55. The highest BCUT2D eigenvalue weighted by molar-refractivity contribution is 5.96. The van der Waals surface area contributed by atoms with E-state index in [1.165, 1.54) is 6.07 Å². The summed E-state index contributed by atoms with van der Waals surface area (Å²) in [5, 5.41) is 1.98. The molecule has 40 heavy (non-hydrogen) atoms. The molecule has 4 aromatic rings. The molecule has 0 N–H and O–H groups in total. The van der Waals surface area contributed by atoms with Gasteiger partial charge in [0.25, 0.3) is 5.91 Å². The zero-order chi connectivity index (χ0) is 27.9. The number of ether oxygens (including phenoxy) is 2. The van der Waals surface area contributed by atoms with Crippen molar-refractivity contribution in [1.29, 1.82) is 0 Å². The topological polar surface area (TPSA) is 76.9 Å². The van der Waals surface area contributed by atoms with Crippen LogP contribution in [0.4, 0.5) is 0 Å². The number of carbonyl (C=O) groups excluding carboxylic acids is 1. The molecule has 5 rings (SSSR count). The smallest absolute Gasteiger partial charge is 0.278 e. The molecule has 1 aliphatic rings. The van der Waals surface area contributed by atoms with Crippen molar-refractivity contribution in [3.8, 4) is 11.5 Å². The standard InChI is InChI=1S/C32H30N4O4/c1-3-19-34-23-36(29(25-14-9-6-10-15-25)28-27(39-21-4-2)16-11-18-33-28)35-20-17-26(37)31(30(35)32(34)38)40-22-24-12-7-5-8-13-24/h3-18,20,29H,1-2,19,21-23H2. The molecular formula is C32H30N4O4. The van der Waals surface area contributed by atoms with E-state index >= 15 is 0 Å². The number of aromatic nitrogens is 2. The zero-order valence-electron chi connectivity index (χ0n) is 22.1. The van der Waals surface area contributed by atoms with Crippen LogP contribution in [-0.4, -0.2) is 40.3 Å². The minimum Gasteiger partial charge on any atom is -0.488 e. The summed E-state index contributed by atoms with van der Waals surface area (Å²) < 4.78 is 13.8. The van der Waals surface area contributed by atoms with Gasteiger partial charge in [-0.25, -0.2) is 0 Å². The van der Waals surface area contributed by atoms with Crippen molar-refractivity contribution in [2.24, 2.45) is 0 Å². The van der Waals surface area contributed by atoms with Crippen molar-refractivity contribution in [3.63, 3.8) is 0 Å². The second kappa shape index (κ2) is 12.2. The highest BCUT2D eigenvalue weighted by Gasteiger charge is 2.38. The van der Waals surface area contributed by atoms with Gasteiger partial charge in [-0.3, -0.25) is 24.3 Å². The summed E-state index contributed by atoms with van der Waals surface area (Å²) in [6.45, 7) is 8.54. The number of benzene rings is 2. The average Bonchev–Trinajstić information content (AvgIpc) is 2.99. The lowest BCUT2D eigenvalue weighted by Gasteiger charge is -2.43. The molecule has 1 amide bonds. The molecule has 0 radical (unpaired) electrons. The summed E-state index contributed by atoms with van der Waals surface area (Å²) in [7, 11) is 0. The second-order valence-electron chi connectivity index (χ2n) is 9.17. The predicted octanol–water partition coefficient (Wildman–Crippen LogP) is 4.71. The molecule has 2 aromatic carbocycles. The predicted molar refractivity (Wildman–Crippen MR) is 154 cm³/mol. The first-order valence-corrected chi connectivity index (χ1v) is 13.0. The third-order valence-corrected chi connectivity index (χ3v) is 6.52. The highest BCUT2D eigenvalue weighted by Crippen LogP contribution is 2.35. The largest absolute Gasteiger partial charge is 0.488 e. The van der Waals surface area contributed by atoms with Gasteiger partial charge in [0.15, 0.2) is 11.4 Å². The number of nitrogens with zero attached hydrogens (tertiary/aromatic N) is 4. The Kier molecular flexibility index (Phi) is 8.06. The molecule has 1 aliphatic heterocycles. The Balaban J connectivity index is 1.68. The van der Waals surface area contributed by atoms with Gasteiger partial charge < -0.3 is 14.4 Å². The van der Waals surface area contributed by atoms with Crippen LogP contribution < -0.4 is 19.9 Å². The average molecular weight is 535 g/mol. The maximum absolute atomic E-state index is 13.8. The number of carbonyl (C=O) groups is 1. The van der Waals surface area contributed by atoms with Crippen LogP contribution in [0.25, 0.3) is 0 Å². The molecule has 8 nitrogen and oxygen atoms in total. The first-order chi connectivity index (χ1) is 19.6. The SMILES string of the molecule is C=CCOc1cccnc1C(c1ccccc1)N1CN(CC=C)C(=O)c2c(OCc3ccccc3)c(=O)ccn21. The number of hydrogen-bond acceptors (Lipinski definition) is 6. The van der Waals surface area contributed by atoms with E-state index in [9.17, 15) is 9.59 Å². The fourth-order valence-electron chi connectivity index (χ4n) is 4.73. The number of amides is 1. The minimum absolute atomic E-state index is 0.00826. The Hall–Kier alpha value is -5.11. The Morgan fingerprint density at radius 1 is 0.900 bits per heavy atom. The molecule has 202 valence electrons. The molecule has 0 bridgehead atoms. The van der Waals surface area contributed by atoms with Crippen molar-refractivity contribution in [3.05, 3.63) is 149 Å². The van der Waals surface area contributed by atoms with Crippen LogP contribution >= 0.6 is 0 Å². The van der Waals surface area contributed by atoms with Crippen LogP contribution in [-0.2, 0) is 6.61 Å². The summed E-state index contributed by atoms with van der Waals surface area (Å²) in [5.41, 5.74) is 2.23. The van der Waals surface area contributed by atoms with E-state index in [1.807, 2.05) is 77.8 Å². The van der Waals surface area contributed by atoms with E-state index in [0.717, 1.165) is 11.1 Å². The molecule has 2 aromatic heterocycles. The molecule has 0 saturated heterocycles. The number of hydrogen-bond donors (Lipinski definition) is 0. The summed E-state index contributed by atoms with van der Waals surface area (Å²) in [6.07, 6.45) is 6.66. The van der Waals surface area contributed by atoms with Gasteiger partial charge in [-0.1, -0.05) is 79.4 Å². The first kappa shape index (κ1) is 26.5. The van der Waals surface area contributed by atoms with Gasteiger partial charge in [-0.05, 0) is 23.3 Å². The van der Waals surface area contributed by atoms with Gasteiger partial charge >= 0.3 is 0 Å². The van der Waals surface area contributed by atoms with E-state index in [2.05, 4.69) is 13.2 Å². The van der Waals surface area contributed by atoms with E-state index in [-0.39, 0.29) is 42.6 Å². The number of pyridine rings is 2. The van der Waals surface area contributed by atoms with E-state index < -0.39 is 6.04 Å². The van der Waals surface area contributed by atoms with Crippen molar-refractivity contribution >= 4 is 5.91 Å². The Morgan fingerprint density at radius 2 is 1.65 bits per heavy atom. The van der Waals surface area contributed by atoms with Crippen LogP contribution in [0, 0.1) is 0 Å². The molecule has 0 spiro atoms. The van der Waals surface area contributed by atoms with Crippen LogP contribution in [0.2, 0.25) is 0 Å². The van der Waals surface area contributed by atoms with Crippen molar-refractivity contribution in [1.82, 2.24) is 14.6 Å². The quantitative estimate of drug-likeness (QED) is 0.259. The zero-order valence-corrected chi connectivity index (χ0v) is 22.1. The van der Waals surface area contributed by atoms with Gasteiger partial charge in [-0.2, -0.15) is 0 Å². The van der Waals surface area contributed by atoms with Crippen molar-refractivity contribution in [2.75, 3.05) is 24.8 Å². The third-order valence-electron chi connectivity index (χ3n) is 6.52. The molecule has 0 fully saturated rings. The summed E-state index contributed by atoms with van der Waals surface area (Å²) in [4.78, 5) is 33.3. The minimum atomic E-state index is -0.481. The number of rotatable bonds is 11. The van der Waals surface area contributed by atoms with Gasteiger partial charge in [-0.15, -0.1) is 6.58 Å². The first-order valence-electron chi connectivity index (χ1n) is 13.0. The summed E-state index contributed by atoms with van der Waals surface area (Å²) in [5.74, 6) is 0.255. The van der Waals surface area contributed by atoms with Gasteiger partial charge in [0.2, 0.25) is 5.43 Å². The van der Waals surface area contributed by atoms with Gasteiger partial charge in [0, 0.05) is 25.0 Å². The van der Waals surface area contributed by atoms with E-state index in [0.29, 0.717) is 18.1 Å². The molecular weight excluding hydrogens is 504 g/mol. The van der Waals surface area contributed by atoms with Gasteiger partial charge in [0.1, 0.15) is 37.4 Å². The van der Waals surface area contributed by atoms with Crippen LogP contribution in [0.15, 0.2) is 121 Å². The number of fused-ring (bicyclic) bond motifs is 1. The molecule has 1 atom stereocenters. The normalized spacial score (nSPS) is 13.3. The van der Waals surface area contributed by atoms with Crippen LogP contribution in [0.5, 0.6) is 11.5 Å². The second-order valence-corrected chi connectivity index (χ2v) is 9.17. The fraction of sp³-hybridized carbons (Fsp3) is 0.156. The molecule has 0 aliphatic carbocycles. The van der Waals surface area contributed by atoms with Crippen molar-refractivity contribution in [2.45, 2.75) is 12.6 Å². The van der Waals surface area contributed by atoms with E-state index in [4.69, 9.17) is 14.5 Å². The Morgan fingerprint density at radius 3 is 2.38 bits per heavy atom. The van der Waals surface area contributed by atoms with Crippen LogP contribution in [0.1, 0.15) is 33.4 Å². The highest BCUT2D eigenvalue weighted by atomic mass is 16.5. The fourth-order valence-corrected chi connectivity index (χ4v) is 4.73. The molecule has 3 heterocycles. The third kappa shape index (κ3) is 5.37. The summed E-state index contributed by atoms with van der Waals surface area (Å²) >= 11 is 0. The Bertz CT molecular complexity index is 1550. The Labute approximate surface area is 233 Å². The maximum Gasteiger partial charge on any atom is 0.278 e. The van der Waals surface area contributed by atoms with Gasteiger partial charge in [0.05, 0.1) is 0 Å². The van der Waals surface area contributed by atoms with Crippen molar-refractivity contribution < 1.29 is 14.3 Å². The molecule has 8 heteroatoms. The van der Waals surface area contributed by atoms with E-state index in [1.54, 1.807) is 34.1 Å². The monoisotopic (exact) mass is 534 g/mol. The maximum atomic E-state index is 13.8. The molecule has 0 saturated carbocycles. The lowest BCUT2D eigenvalue weighted by molar-refractivity contribution is 0.0697. The summed E-state index contributed by atoms with van der Waals surface area (Å²) in [6, 6.07) is 24.0. The van der Waals surface area contributed by atoms with Crippen LogP contribution in [0.3, 0.4) is 0 Å².